The molecule has 0 saturated carbocycles. The Labute approximate surface area is 87.1 Å². The standard InChI is InChI=1S/C10H12ClF2N/c11-9-3-1-4-10(13)8(9)7-14-6-2-5-12/h1,3-4,14H,2,5-7H2. The molecule has 0 aliphatic rings. The summed E-state index contributed by atoms with van der Waals surface area (Å²) in [6.45, 7) is 0.505. The van der Waals surface area contributed by atoms with Gasteiger partial charge >= 0.3 is 0 Å². The Balaban J connectivity index is 2.49. The van der Waals surface area contributed by atoms with Gasteiger partial charge in [-0.05, 0) is 25.1 Å². The average molecular weight is 220 g/mol. The fraction of sp³-hybridized carbons (Fsp3) is 0.400. The van der Waals surface area contributed by atoms with E-state index in [1.165, 1.54) is 6.07 Å². The Hall–Kier alpha value is -0.670. The summed E-state index contributed by atoms with van der Waals surface area (Å²) in [6, 6.07) is 4.55. The molecule has 4 heteroatoms. The second-order valence-corrected chi connectivity index (χ2v) is 3.33. The van der Waals surface area contributed by atoms with E-state index in [1.54, 1.807) is 12.1 Å². The van der Waals surface area contributed by atoms with E-state index in [0.717, 1.165) is 0 Å². The van der Waals surface area contributed by atoms with Crippen LogP contribution in [0.2, 0.25) is 5.02 Å². The normalized spacial score (nSPS) is 10.5. The Bertz CT molecular complexity index is 271. The summed E-state index contributed by atoms with van der Waals surface area (Å²) >= 11 is 5.79. The van der Waals surface area contributed by atoms with Gasteiger partial charge in [-0.15, -0.1) is 0 Å². The van der Waals surface area contributed by atoms with Crippen LogP contribution in [-0.4, -0.2) is 13.2 Å². The largest absolute Gasteiger partial charge is 0.312 e. The number of nitrogens with one attached hydrogen (secondary N) is 1. The highest BCUT2D eigenvalue weighted by Gasteiger charge is 2.05. The third-order valence-corrected chi connectivity index (χ3v) is 2.20. The molecule has 0 heterocycles. The minimum absolute atomic E-state index is 0.328. The molecule has 0 bridgehead atoms. The van der Waals surface area contributed by atoms with E-state index in [-0.39, 0.29) is 12.5 Å². The van der Waals surface area contributed by atoms with E-state index in [9.17, 15) is 8.78 Å². The maximum atomic E-state index is 13.2. The molecule has 78 valence electrons. The molecule has 1 N–H and O–H groups in total. The van der Waals surface area contributed by atoms with Crippen LogP contribution < -0.4 is 5.32 Å². The quantitative estimate of drug-likeness (QED) is 0.751. The Morgan fingerprint density at radius 2 is 2.14 bits per heavy atom. The predicted molar refractivity (Wildman–Crippen MR) is 53.7 cm³/mol. The molecule has 1 aromatic carbocycles. The van der Waals surface area contributed by atoms with Crippen LogP contribution in [0.25, 0.3) is 0 Å². The van der Waals surface area contributed by atoms with Crippen molar-refractivity contribution in [2.24, 2.45) is 0 Å². The van der Waals surface area contributed by atoms with Crippen LogP contribution in [0, 0.1) is 5.82 Å². The van der Waals surface area contributed by atoms with Crippen LogP contribution in [0.4, 0.5) is 8.78 Å². The van der Waals surface area contributed by atoms with Crippen molar-refractivity contribution in [3.63, 3.8) is 0 Å². The molecule has 0 amide bonds. The molecule has 14 heavy (non-hydrogen) atoms. The first kappa shape index (κ1) is 11.4. The summed E-state index contributed by atoms with van der Waals surface area (Å²) in [6.07, 6.45) is 0.437. The van der Waals surface area contributed by atoms with E-state index in [2.05, 4.69) is 5.32 Å². The van der Waals surface area contributed by atoms with Gasteiger partial charge < -0.3 is 5.32 Å². The highest BCUT2D eigenvalue weighted by Crippen LogP contribution is 2.18. The lowest BCUT2D eigenvalue weighted by atomic mass is 10.2. The van der Waals surface area contributed by atoms with Gasteiger partial charge in [0, 0.05) is 17.1 Å². The highest BCUT2D eigenvalue weighted by molar-refractivity contribution is 6.31. The van der Waals surface area contributed by atoms with Gasteiger partial charge in [-0.25, -0.2) is 4.39 Å². The molecule has 0 atom stereocenters. The fourth-order valence-corrected chi connectivity index (χ4v) is 1.34. The van der Waals surface area contributed by atoms with Crippen LogP contribution in [0.5, 0.6) is 0 Å². The van der Waals surface area contributed by atoms with Gasteiger partial charge in [0.15, 0.2) is 0 Å². The van der Waals surface area contributed by atoms with Crippen LogP contribution in [0.3, 0.4) is 0 Å². The second kappa shape index (κ2) is 5.94. The number of alkyl halides is 1. The molecule has 0 aromatic heterocycles. The lowest BCUT2D eigenvalue weighted by Crippen LogP contribution is -2.16. The number of benzene rings is 1. The lowest BCUT2D eigenvalue weighted by molar-refractivity contribution is 0.457. The summed E-state index contributed by atoms with van der Waals surface area (Å²) in [5.41, 5.74) is 0.438. The van der Waals surface area contributed by atoms with E-state index >= 15 is 0 Å². The third kappa shape index (κ3) is 3.24. The maximum absolute atomic E-state index is 13.2. The molecule has 0 fully saturated rings. The topological polar surface area (TPSA) is 12.0 Å². The number of hydrogen-bond donors (Lipinski definition) is 1. The van der Waals surface area contributed by atoms with Crippen molar-refractivity contribution in [3.8, 4) is 0 Å². The first-order chi connectivity index (χ1) is 6.75. The van der Waals surface area contributed by atoms with Gasteiger partial charge in [0.2, 0.25) is 0 Å². The van der Waals surface area contributed by atoms with Gasteiger partial charge in [0.25, 0.3) is 0 Å². The monoisotopic (exact) mass is 219 g/mol. The second-order valence-electron chi connectivity index (χ2n) is 2.92. The van der Waals surface area contributed by atoms with Crippen molar-refractivity contribution in [2.45, 2.75) is 13.0 Å². The van der Waals surface area contributed by atoms with Crippen LogP contribution >= 0.6 is 11.6 Å². The maximum Gasteiger partial charge on any atom is 0.129 e. The molecule has 1 rings (SSSR count). The molecule has 0 aliphatic heterocycles. The van der Waals surface area contributed by atoms with E-state index in [0.29, 0.717) is 30.1 Å². The van der Waals surface area contributed by atoms with Crippen molar-refractivity contribution in [1.82, 2.24) is 5.32 Å². The minimum atomic E-state index is -0.363. The molecule has 0 radical (unpaired) electrons. The molecule has 0 unspecified atom stereocenters. The van der Waals surface area contributed by atoms with E-state index in [1.807, 2.05) is 0 Å². The SMILES string of the molecule is FCCCNCc1c(F)cccc1Cl. The van der Waals surface area contributed by atoms with Crippen molar-refractivity contribution in [2.75, 3.05) is 13.2 Å². The first-order valence-corrected chi connectivity index (χ1v) is 4.83. The molecular formula is C10H12ClF2N. The predicted octanol–water partition coefficient (Wildman–Crippen LogP) is 2.93. The van der Waals surface area contributed by atoms with Crippen molar-refractivity contribution >= 4 is 11.6 Å². The van der Waals surface area contributed by atoms with Crippen LogP contribution in [0.15, 0.2) is 18.2 Å². The van der Waals surface area contributed by atoms with Gasteiger partial charge in [-0.1, -0.05) is 17.7 Å². The Kier molecular flexibility index (Phi) is 4.84. The zero-order chi connectivity index (χ0) is 10.4. The molecule has 0 spiro atoms. The lowest BCUT2D eigenvalue weighted by Gasteiger charge is -2.06. The van der Waals surface area contributed by atoms with Crippen molar-refractivity contribution in [3.05, 3.63) is 34.6 Å². The summed E-state index contributed by atoms with van der Waals surface area (Å²) < 4.78 is 24.9. The smallest absolute Gasteiger partial charge is 0.129 e. The van der Waals surface area contributed by atoms with Crippen molar-refractivity contribution in [1.29, 1.82) is 0 Å². The van der Waals surface area contributed by atoms with Gasteiger partial charge in [0.05, 0.1) is 6.67 Å². The Morgan fingerprint density at radius 1 is 1.36 bits per heavy atom. The summed E-state index contributed by atoms with van der Waals surface area (Å²) in [7, 11) is 0. The van der Waals surface area contributed by atoms with Gasteiger partial charge in [-0.3, -0.25) is 4.39 Å². The molecular weight excluding hydrogens is 208 g/mol. The van der Waals surface area contributed by atoms with E-state index in [4.69, 9.17) is 11.6 Å². The zero-order valence-corrected chi connectivity index (χ0v) is 8.45. The zero-order valence-electron chi connectivity index (χ0n) is 7.69. The van der Waals surface area contributed by atoms with Crippen molar-refractivity contribution < 1.29 is 8.78 Å². The average Bonchev–Trinajstić information content (AvgIpc) is 2.16. The van der Waals surface area contributed by atoms with Crippen LogP contribution in [-0.2, 0) is 6.54 Å². The summed E-state index contributed by atoms with van der Waals surface area (Å²) in [5, 5.41) is 3.32. The molecule has 1 aromatic rings. The highest BCUT2D eigenvalue weighted by atomic mass is 35.5. The summed E-state index contributed by atoms with van der Waals surface area (Å²) in [4.78, 5) is 0. The molecule has 0 aliphatic carbocycles. The van der Waals surface area contributed by atoms with Crippen LogP contribution in [0.1, 0.15) is 12.0 Å². The minimum Gasteiger partial charge on any atom is -0.312 e. The molecule has 0 saturated heterocycles. The molecule has 1 nitrogen and oxygen atoms in total. The third-order valence-electron chi connectivity index (χ3n) is 1.85. The van der Waals surface area contributed by atoms with Gasteiger partial charge in [0.1, 0.15) is 5.82 Å². The number of rotatable bonds is 5. The Morgan fingerprint density at radius 3 is 2.79 bits per heavy atom. The number of halogens is 3. The summed E-state index contributed by atoms with van der Waals surface area (Å²) in [5.74, 6) is -0.328. The van der Waals surface area contributed by atoms with Gasteiger partial charge in [-0.2, -0.15) is 0 Å². The first-order valence-electron chi connectivity index (χ1n) is 4.45. The number of hydrogen-bond acceptors (Lipinski definition) is 1. The van der Waals surface area contributed by atoms with E-state index < -0.39 is 0 Å². The fourth-order valence-electron chi connectivity index (χ4n) is 1.11.